The maximum absolute atomic E-state index is 5.70. The second-order valence-corrected chi connectivity index (χ2v) is 8.25. The van der Waals surface area contributed by atoms with Gasteiger partial charge in [0, 0.05) is 24.8 Å². The zero-order valence-corrected chi connectivity index (χ0v) is 16.7. The molecule has 2 unspecified atom stereocenters. The summed E-state index contributed by atoms with van der Waals surface area (Å²) in [6.45, 7) is 1.37. The summed E-state index contributed by atoms with van der Waals surface area (Å²) in [5, 5.41) is 4.41. The fraction of sp³-hybridized carbons (Fsp3) is 0.304. The molecule has 1 saturated carbocycles. The van der Waals surface area contributed by atoms with E-state index in [9.17, 15) is 0 Å². The molecule has 0 bridgehead atoms. The number of benzene rings is 2. The molecule has 4 nitrogen and oxygen atoms in total. The van der Waals surface area contributed by atoms with Gasteiger partial charge in [0.2, 0.25) is 5.95 Å². The lowest BCUT2D eigenvalue weighted by Gasteiger charge is -2.37. The first-order valence-electron chi connectivity index (χ1n) is 9.88. The van der Waals surface area contributed by atoms with Gasteiger partial charge in [0.1, 0.15) is 5.03 Å². The molecule has 28 heavy (non-hydrogen) atoms. The van der Waals surface area contributed by atoms with Crippen LogP contribution in [0.5, 0.6) is 0 Å². The summed E-state index contributed by atoms with van der Waals surface area (Å²) in [5.41, 5.74) is 9.48. The standard InChI is InChI=1S/C23H26N4S/c24-13-14-28-22-15-21(20-12-11-19(20)18-9-5-2-6-10-18)26-23(27-22)25-16-17-7-3-1-4-8-17/h1-10,15,19-20H,11-14,16,24H2,(H,25,26,27). The molecule has 4 rings (SSSR count). The van der Waals surface area contributed by atoms with E-state index in [1.807, 2.05) is 6.07 Å². The Morgan fingerprint density at radius 3 is 2.32 bits per heavy atom. The van der Waals surface area contributed by atoms with Crippen LogP contribution in [0.1, 0.15) is 41.5 Å². The number of anilines is 1. The molecule has 1 aromatic heterocycles. The minimum absolute atomic E-state index is 0.458. The molecule has 3 N–H and O–H groups in total. The van der Waals surface area contributed by atoms with Gasteiger partial charge in [0.05, 0.1) is 5.69 Å². The Morgan fingerprint density at radius 1 is 0.929 bits per heavy atom. The number of nitrogens with two attached hydrogens (primary N) is 1. The van der Waals surface area contributed by atoms with E-state index in [1.165, 1.54) is 24.0 Å². The third kappa shape index (κ3) is 4.54. The number of hydrogen-bond donors (Lipinski definition) is 2. The van der Waals surface area contributed by atoms with Crippen LogP contribution < -0.4 is 11.1 Å². The van der Waals surface area contributed by atoms with Crippen LogP contribution in [-0.4, -0.2) is 22.3 Å². The Balaban J connectivity index is 1.55. The Morgan fingerprint density at radius 2 is 1.64 bits per heavy atom. The summed E-state index contributed by atoms with van der Waals surface area (Å²) in [4.78, 5) is 9.60. The minimum Gasteiger partial charge on any atom is -0.350 e. The quantitative estimate of drug-likeness (QED) is 0.427. The number of nitrogens with one attached hydrogen (secondary N) is 1. The van der Waals surface area contributed by atoms with E-state index < -0.39 is 0 Å². The van der Waals surface area contributed by atoms with Gasteiger partial charge in [-0.05, 0) is 36.0 Å². The van der Waals surface area contributed by atoms with Crippen molar-refractivity contribution < 1.29 is 0 Å². The third-order valence-corrected chi connectivity index (χ3v) is 6.21. The van der Waals surface area contributed by atoms with Crippen LogP contribution >= 0.6 is 11.8 Å². The van der Waals surface area contributed by atoms with Crippen molar-refractivity contribution in [3.05, 3.63) is 83.6 Å². The minimum atomic E-state index is 0.458. The monoisotopic (exact) mass is 390 g/mol. The summed E-state index contributed by atoms with van der Waals surface area (Å²) >= 11 is 1.70. The zero-order valence-electron chi connectivity index (χ0n) is 15.9. The van der Waals surface area contributed by atoms with Crippen molar-refractivity contribution in [1.29, 1.82) is 0 Å². The zero-order chi connectivity index (χ0) is 19.2. The fourth-order valence-electron chi connectivity index (χ4n) is 3.68. The molecule has 3 aromatic rings. The highest BCUT2D eigenvalue weighted by atomic mass is 32.2. The first-order chi connectivity index (χ1) is 13.8. The molecule has 0 radical (unpaired) electrons. The lowest BCUT2D eigenvalue weighted by molar-refractivity contribution is 0.339. The highest BCUT2D eigenvalue weighted by molar-refractivity contribution is 7.99. The molecule has 144 valence electrons. The van der Waals surface area contributed by atoms with Crippen molar-refractivity contribution in [1.82, 2.24) is 9.97 Å². The number of hydrogen-bond acceptors (Lipinski definition) is 5. The van der Waals surface area contributed by atoms with E-state index in [4.69, 9.17) is 15.7 Å². The van der Waals surface area contributed by atoms with Gasteiger partial charge in [0.25, 0.3) is 0 Å². The van der Waals surface area contributed by atoms with Crippen molar-refractivity contribution in [2.45, 2.75) is 36.2 Å². The molecule has 0 saturated heterocycles. The van der Waals surface area contributed by atoms with Crippen molar-refractivity contribution in [3.63, 3.8) is 0 Å². The summed E-state index contributed by atoms with van der Waals surface area (Å²) in [6, 6.07) is 23.3. The summed E-state index contributed by atoms with van der Waals surface area (Å²) in [5.74, 6) is 2.58. The van der Waals surface area contributed by atoms with Crippen LogP contribution in [0.3, 0.4) is 0 Å². The molecule has 2 aromatic carbocycles. The first-order valence-corrected chi connectivity index (χ1v) is 10.9. The van der Waals surface area contributed by atoms with Crippen molar-refractivity contribution in [2.75, 3.05) is 17.6 Å². The molecule has 1 aliphatic carbocycles. The summed E-state index contributed by atoms with van der Waals surface area (Å²) in [7, 11) is 0. The highest BCUT2D eigenvalue weighted by Gasteiger charge is 2.34. The van der Waals surface area contributed by atoms with E-state index in [-0.39, 0.29) is 0 Å². The van der Waals surface area contributed by atoms with E-state index in [0.29, 0.717) is 24.3 Å². The van der Waals surface area contributed by atoms with Crippen molar-refractivity contribution in [3.8, 4) is 0 Å². The Labute approximate surface area is 171 Å². The molecule has 2 atom stereocenters. The SMILES string of the molecule is NCCSc1cc(C2CCC2c2ccccc2)nc(NCc2ccccc2)n1. The maximum atomic E-state index is 5.70. The van der Waals surface area contributed by atoms with Gasteiger partial charge in [0.15, 0.2) is 0 Å². The predicted octanol–water partition coefficient (Wildman–Crippen LogP) is 4.80. The maximum Gasteiger partial charge on any atom is 0.224 e. The average Bonchev–Trinajstić information content (AvgIpc) is 2.71. The second kappa shape index (κ2) is 9.22. The van der Waals surface area contributed by atoms with E-state index in [0.717, 1.165) is 23.0 Å². The summed E-state index contributed by atoms with van der Waals surface area (Å²) < 4.78 is 0. The van der Waals surface area contributed by atoms with E-state index in [2.05, 4.69) is 66.0 Å². The Bertz CT molecular complexity index is 886. The number of aromatic nitrogens is 2. The second-order valence-electron chi connectivity index (χ2n) is 7.13. The van der Waals surface area contributed by atoms with Gasteiger partial charge in [-0.1, -0.05) is 60.7 Å². The van der Waals surface area contributed by atoms with Crippen LogP contribution in [0.4, 0.5) is 5.95 Å². The molecule has 1 heterocycles. The summed E-state index contributed by atoms with van der Waals surface area (Å²) in [6.07, 6.45) is 2.40. The number of rotatable bonds is 8. The topological polar surface area (TPSA) is 63.8 Å². The molecule has 5 heteroatoms. The van der Waals surface area contributed by atoms with E-state index in [1.54, 1.807) is 11.8 Å². The normalized spacial score (nSPS) is 18.5. The molecule has 1 fully saturated rings. The molecule has 0 amide bonds. The molecule has 0 spiro atoms. The van der Waals surface area contributed by atoms with Gasteiger partial charge in [-0.2, -0.15) is 0 Å². The van der Waals surface area contributed by atoms with Crippen LogP contribution in [-0.2, 0) is 6.54 Å². The van der Waals surface area contributed by atoms with Gasteiger partial charge in [-0.25, -0.2) is 9.97 Å². The fourth-order valence-corrected chi connectivity index (χ4v) is 4.36. The van der Waals surface area contributed by atoms with Crippen LogP contribution in [0.2, 0.25) is 0 Å². The van der Waals surface area contributed by atoms with Gasteiger partial charge < -0.3 is 11.1 Å². The third-order valence-electron chi connectivity index (χ3n) is 5.27. The smallest absolute Gasteiger partial charge is 0.224 e. The molecular weight excluding hydrogens is 364 g/mol. The van der Waals surface area contributed by atoms with Crippen molar-refractivity contribution >= 4 is 17.7 Å². The lowest BCUT2D eigenvalue weighted by atomic mass is 9.68. The Kier molecular flexibility index (Phi) is 6.24. The van der Waals surface area contributed by atoms with Gasteiger partial charge >= 0.3 is 0 Å². The molecular formula is C23H26N4S. The van der Waals surface area contributed by atoms with Crippen LogP contribution in [0.15, 0.2) is 71.8 Å². The number of nitrogens with zero attached hydrogens (tertiary/aromatic N) is 2. The lowest BCUT2D eigenvalue weighted by Crippen LogP contribution is -2.23. The van der Waals surface area contributed by atoms with Gasteiger partial charge in [-0.3, -0.25) is 0 Å². The molecule has 0 aliphatic heterocycles. The molecule has 1 aliphatic rings. The van der Waals surface area contributed by atoms with Crippen LogP contribution in [0, 0.1) is 0 Å². The highest BCUT2D eigenvalue weighted by Crippen LogP contribution is 2.48. The predicted molar refractivity (Wildman–Crippen MR) is 117 cm³/mol. The van der Waals surface area contributed by atoms with Crippen molar-refractivity contribution in [2.24, 2.45) is 5.73 Å². The first kappa shape index (κ1) is 19.0. The Hall–Kier alpha value is -2.37. The largest absolute Gasteiger partial charge is 0.350 e. The number of thioether (sulfide) groups is 1. The van der Waals surface area contributed by atoms with Crippen LogP contribution in [0.25, 0.3) is 0 Å². The average molecular weight is 391 g/mol. The van der Waals surface area contributed by atoms with E-state index >= 15 is 0 Å². The van der Waals surface area contributed by atoms with Gasteiger partial charge in [-0.15, -0.1) is 11.8 Å².